The van der Waals surface area contributed by atoms with E-state index in [0.29, 0.717) is 0 Å². The van der Waals surface area contributed by atoms with Crippen LogP contribution in [0.25, 0.3) is 6.08 Å². The minimum absolute atomic E-state index is 0.0692. The van der Waals surface area contributed by atoms with E-state index in [1.54, 1.807) is 13.2 Å². The normalized spacial score (nSPS) is 14.8. The molecule has 1 fully saturated rings. The van der Waals surface area contributed by atoms with E-state index in [1.807, 2.05) is 35.2 Å². The fourth-order valence-electron chi connectivity index (χ4n) is 3.00. The maximum Gasteiger partial charge on any atom is 0.246 e. The lowest BCUT2D eigenvalue weighted by Crippen LogP contribution is -2.48. The zero-order valence-electron chi connectivity index (χ0n) is 14.8. The van der Waals surface area contributed by atoms with E-state index in [2.05, 4.69) is 36.1 Å². The van der Waals surface area contributed by atoms with Crippen LogP contribution < -0.4 is 9.64 Å². The summed E-state index contributed by atoms with van der Waals surface area (Å²) in [6, 6.07) is 16.2. The van der Waals surface area contributed by atoms with Gasteiger partial charge in [-0.05, 0) is 48.4 Å². The highest BCUT2D eigenvalue weighted by Crippen LogP contribution is 2.18. The van der Waals surface area contributed by atoms with Gasteiger partial charge in [0.25, 0.3) is 0 Å². The summed E-state index contributed by atoms with van der Waals surface area (Å²) in [6.07, 6.45) is 3.51. The quantitative estimate of drug-likeness (QED) is 0.803. The first-order valence-corrected chi connectivity index (χ1v) is 8.58. The molecule has 0 aromatic heterocycles. The molecule has 0 saturated carbocycles. The van der Waals surface area contributed by atoms with Gasteiger partial charge in [0.1, 0.15) is 5.75 Å². The Morgan fingerprint density at radius 3 is 2.40 bits per heavy atom. The van der Waals surface area contributed by atoms with Crippen LogP contribution in [0.4, 0.5) is 5.69 Å². The minimum atomic E-state index is 0.0692. The summed E-state index contributed by atoms with van der Waals surface area (Å²) in [7, 11) is 1.64. The van der Waals surface area contributed by atoms with Gasteiger partial charge in [0.15, 0.2) is 0 Å². The summed E-state index contributed by atoms with van der Waals surface area (Å²) in [5.74, 6) is 0.885. The molecule has 1 amide bonds. The number of hydrogen-bond donors (Lipinski definition) is 0. The number of methoxy groups -OCH3 is 1. The van der Waals surface area contributed by atoms with Crippen LogP contribution in [0.15, 0.2) is 54.6 Å². The highest BCUT2D eigenvalue weighted by atomic mass is 16.5. The van der Waals surface area contributed by atoms with E-state index >= 15 is 0 Å². The van der Waals surface area contributed by atoms with Crippen molar-refractivity contribution in [3.05, 3.63) is 65.7 Å². The lowest BCUT2D eigenvalue weighted by molar-refractivity contribution is -0.126. The molecule has 0 spiro atoms. The molecule has 1 aliphatic rings. The number of anilines is 1. The molecule has 4 heteroatoms. The standard InChI is InChI=1S/C21H24N2O2/c1-17-4-3-5-19(16-17)22-12-14-23(15-13-22)21(24)11-8-18-6-9-20(25-2)10-7-18/h3-11,16H,12-15H2,1-2H3/b11-8+. The molecule has 0 unspecified atom stereocenters. The number of rotatable bonds is 4. The number of carbonyl (C=O) groups excluding carboxylic acids is 1. The maximum absolute atomic E-state index is 12.4. The summed E-state index contributed by atoms with van der Waals surface area (Å²) in [4.78, 5) is 16.6. The molecule has 25 heavy (non-hydrogen) atoms. The molecule has 2 aromatic carbocycles. The van der Waals surface area contributed by atoms with Crippen LogP contribution in [0.5, 0.6) is 5.75 Å². The Labute approximate surface area is 149 Å². The van der Waals surface area contributed by atoms with Crippen LogP contribution >= 0.6 is 0 Å². The summed E-state index contributed by atoms with van der Waals surface area (Å²) in [6.45, 7) is 5.34. The van der Waals surface area contributed by atoms with Gasteiger partial charge in [0.2, 0.25) is 5.91 Å². The van der Waals surface area contributed by atoms with Crippen molar-refractivity contribution in [3.8, 4) is 5.75 Å². The minimum Gasteiger partial charge on any atom is -0.497 e. The van der Waals surface area contributed by atoms with Crippen LogP contribution in [0.2, 0.25) is 0 Å². The predicted molar refractivity (Wildman–Crippen MR) is 102 cm³/mol. The van der Waals surface area contributed by atoms with Gasteiger partial charge in [-0.2, -0.15) is 0 Å². The topological polar surface area (TPSA) is 32.8 Å². The molecule has 1 saturated heterocycles. The fourth-order valence-corrected chi connectivity index (χ4v) is 3.00. The first-order chi connectivity index (χ1) is 12.2. The van der Waals surface area contributed by atoms with E-state index in [0.717, 1.165) is 37.5 Å². The molecule has 1 heterocycles. The van der Waals surface area contributed by atoms with Crippen molar-refractivity contribution in [2.24, 2.45) is 0 Å². The predicted octanol–water partition coefficient (Wildman–Crippen LogP) is 3.37. The van der Waals surface area contributed by atoms with Crippen molar-refractivity contribution < 1.29 is 9.53 Å². The Bertz CT molecular complexity index is 745. The van der Waals surface area contributed by atoms with E-state index in [9.17, 15) is 4.79 Å². The third kappa shape index (κ3) is 4.41. The van der Waals surface area contributed by atoms with Crippen molar-refractivity contribution in [1.29, 1.82) is 0 Å². The molecule has 130 valence electrons. The number of amides is 1. The average Bonchev–Trinajstić information content (AvgIpc) is 2.66. The van der Waals surface area contributed by atoms with Gasteiger partial charge in [0, 0.05) is 37.9 Å². The van der Waals surface area contributed by atoms with Gasteiger partial charge in [-0.3, -0.25) is 4.79 Å². The van der Waals surface area contributed by atoms with E-state index in [1.165, 1.54) is 11.3 Å². The van der Waals surface area contributed by atoms with E-state index in [4.69, 9.17) is 4.74 Å². The van der Waals surface area contributed by atoms with Crippen molar-refractivity contribution in [3.63, 3.8) is 0 Å². The highest BCUT2D eigenvalue weighted by molar-refractivity contribution is 5.92. The molecule has 4 nitrogen and oxygen atoms in total. The second kappa shape index (κ2) is 7.88. The van der Waals surface area contributed by atoms with Gasteiger partial charge in [0.05, 0.1) is 7.11 Å². The molecule has 3 rings (SSSR count). The average molecular weight is 336 g/mol. The van der Waals surface area contributed by atoms with Crippen LogP contribution in [0.1, 0.15) is 11.1 Å². The third-order valence-electron chi connectivity index (χ3n) is 4.49. The summed E-state index contributed by atoms with van der Waals surface area (Å²) >= 11 is 0. The molecule has 0 radical (unpaired) electrons. The van der Waals surface area contributed by atoms with Crippen LogP contribution in [-0.2, 0) is 4.79 Å². The monoisotopic (exact) mass is 336 g/mol. The number of hydrogen-bond acceptors (Lipinski definition) is 3. The largest absolute Gasteiger partial charge is 0.497 e. The van der Waals surface area contributed by atoms with Gasteiger partial charge in [-0.15, -0.1) is 0 Å². The van der Waals surface area contributed by atoms with Gasteiger partial charge in [-0.25, -0.2) is 0 Å². The molecular formula is C21H24N2O2. The van der Waals surface area contributed by atoms with Crippen molar-refractivity contribution in [1.82, 2.24) is 4.90 Å². The first-order valence-electron chi connectivity index (χ1n) is 8.58. The lowest BCUT2D eigenvalue weighted by atomic mass is 10.2. The van der Waals surface area contributed by atoms with Gasteiger partial charge < -0.3 is 14.5 Å². The van der Waals surface area contributed by atoms with Crippen molar-refractivity contribution >= 4 is 17.7 Å². The number of carbonyl (C=O) groups is 1. The number of ether oxygens (including phenoxy) is 1. The first kappa shape index (κ1) is 17.1. The van der Waals surface area contributed by atoms with Crippen molar-refractivity contribution in [2.75, 3.05) is 38.2 Å². The molecule has 0 bridgehead atoms. The molecule has 1 aliphatic heterocycles. The van der Waals surface area contributed by atoms with E-state index < -0.39 is 0 Å². The molecule has 2 aromatic rings. The summed E-state index contributed by atoms with van der Waals surface area (Å²) in [5, 5.41) is 0. The Hall–Kier alpha value is -2.75. The second-order valence-corrected chi connectivity index (χ2v) is 6.26. The van der Waals surface area contributed by atoms with Crippen LogP contribution in [-0.4, -0.2) is 44.1 Å². The highest BCUT2D eigenvalue weighted by Gasteiger charge is 2.19. The second-order valence-electron chi connectivity index (χ2n) is 6.26. The fraction of sp³-hybridized carbons (Fsp3) is 0.286. The van der Waals surface area contributed by atoms with E-state index in [-0.39, 0.29) is 5.91 Å². The smallest absolute Gasteiger partial charge is 0.246 e. The SMILES string of the molecule is COc1ccc(/C=C/C(=O)N2CCN(c3cccc(C)c3)CC2)cc1. The van der Waals surface area contributed by atoms with Crippen molar-refractivity contribution in [2.45, 2.75) is 6.92 Å². The molecular weight excluding hydrogens is 312 g/mol. The van der Waals surface area contributed by atoms with Crippen LogP contribution in [0.3, 0.4) is 0 Å². The lowest BCUT2D eigenvalue weighted by Gasteiger charge is -2.35. The summed E-state index contributed by atoms with van der Waals surface area (Å²) in [5.41, 5.74) is 3.49. The number of benzene rings is 2. The molecule has 0 atom stereocenters. The number of piperazine rings is 1. The van der Waals surface area contributed by atoms with Crippen LogP contribution in [0, 0.1) is 6.92 Å². The molecule has 0 aliphatic carbocycles. The summed E-state index contributed by atoms with van der Waals surface area (Å²) < 4.78 is 5.14. The Kier molecular flexibility index (Phi) is 5.39. The molecule has 0 N–H and O–H groups in total. The number of nitrogens with zero attached hydrogens (tertiary/aromatic N) is 2. The Morgan fingerprint density at radius 1 is 1.04 bits per heavy atom. The van der Waals surface area contributed by atoms with Gasteiger partial charge >= 0.3 is 0 Å². The Morgan fingerprint density at radius 2 is 1.76 bits per heavy atom. The number of aryl methyl sites for hydroxylation is 1. The zero-order chi connectivity index (χ0) is 17.6. The maximum atomic E-state index is 12.4. The van der Waals surface area contributed by atoms with Gasteiger partial charge in [-0.1, -0.05) is 24.3 Å². The third-order valence-corrected chi connectivity index (χ3v) is 4.49. The Balaban J connectivity index is 1.55. The zero-order valence-corrected chi connectivity index (χ0v) is 14.8.